The molecule has 0 saturated heterocycles. The van der Waals surface area contributed by atoms with E-state index in [1.165, 1.54) is 12.4 Å². The fraction of sp³-hybridized carbons (Fsp3) is 0.333. The Bertz CT molecular complexity index is 259. The molecule has 1 aromatic heterocycles. The van der Waals surface area contributed by atoms with Gasteiger partial charge in [-0.15, -0.1) is 11.6 Å². The Morgan fingerprint density at radius 1 is 1.42 bits per heavy atom. The topological polar surface area (TPSA) is 25.8 Å². The standard InChI is InChI=1S/C6H4BrClF2N2/c7-6(9,10)5-11-2-4(1-8)3-12-5/h2-3H,1H2. The largest absolute Gasteiger partial charge is 0.359 e. The molecular formula is C6H4BrClF2N2. The Kier molecular flexibility index (Phi) is 2.95. The fourth-order valence-electron chi connectivity index (χ4n) is 0.570. The van der Waals surface area contributed by atoms with Crippen LogP contribution < -0.4 is 0 Å². The molecule has 0 N–H and O–H groups in total. The molecule has 0 aliphatic heterocycles. The summed E-state index contributed by atoms with van der Waals surface area (Å²) >= 11 is 7.56. The first-order chi connectivity index (χ1) is 5.54. The second-order valence-corrected chi connectivity index (χ2v) is 3.31. The highest BCUT2D eigenvalue weighted by atomic mass is 79.9. The van der Waals surface area contributed by atoms with Crippen LogP contribution in [0.1, 0.15) is 11.4 Å². The van der Waals surface area contributed by atoms with Gasteiger partial charge in [-0.2, -0.15) is 8.78 Å². The lowest BCUT2D eigenvalue weighted by Gasteiger charge is -2.05. The molecule has 6 heteroatoms. The van der Waals surface area contributed by atoms with E-state index in [-0.39, 0.29) is 5.88 Å². The molecule has 0 unspecified atom stereocenters. The molecule has 0 aliphatic rings. The molecule has 66 valence electrons. The van der Waals surface area contributed by atoms with Crippen molar-refractivity contribution in [1.29, 1.82) is 0 Å². The van der Waals surface area contributed by atoms with Crippen LogP contribution in [0.4, 0.5) is 8.78 Å². The lowest BCUT2D eigenvalue weighted by molar-refractivity contribution is 0.103. The van der Waals surface area contributed by atoms with Gasteiger partial charge in [-0.1, -0.05) is 0 Å². The summed E-state index contributed by atoms with van der Waals surface area (Å²) < 4.78 is 24.9. The Labute approximate surface area is 81.1 Å². The van der Waals surface area contributed by atoms with E-state index in [0.29, 0.717) is 5.56 Å². The highest BCUT2D eigenvalue weighted by Gasteiger charge is 2.30. The molecule has 0 atom stereocenters. The van der Waals surface area contributed by atoms with Crippen LogP contribution in [0.2, 0.25) is 0 Å². The van der Waals surface area contributed by atoms with Crippen LogP contribution in [-0.4, -0.2) is 9.97 Å². The summed E-state index contributed by atoms with van der Waals surface area (Å²) in [4.78, 5) is 3.69. The van der Waals surface area contributed by atoms with Gasteiger partial charge in [0.25, 0.3) is 0 Å². The summed E-state index contributed by atoms with van der Waals surface area (Å²) in [5.41, 5.74) is 0.608. The molecule has 0 saturated carbocycles. The van der Waals surface area contributed by atoms with Gasteiger partial charge in [0.15, 0.2) is 0 Å². The Hall–Kier alpha value is -0.290. The zero-order valence-electron chi connectivity index (χ0n) is 5.77. The predicted molar refractivity (Wildman–Crippen MR) is 44.4 cm³/mol. The zero-order chi connectivity index (χ0) is 9.19. The maximum Gasteiger partial charge on any atom is 0.359 e. The maximum atomic E-state index is 12.4. The minimum Gasteiger partial charge on any atom is -0.234 e. The van der Waals surface area contributed by atoms with Gasteiger partial charge in [0.1, 0.15) is 0 Å². The van der Waals surface area contributed by atoms with Crippen molar-refractivity contribution in [3.63, 3.8) is 0 Å². The zero-order valence-corrected chi connectivity index (χ0v) is 8.11. The van der Waals surface area contributed by atoms with Gasteiger partial charge in [0.2, 0.25) is 5.82 Å². The Morgan fingerprint density at radius 3 is 2.25 bits per heavy atom. The van der Waals surface area contributed by atoms with E-state index >= 15 is 0 Å². The lowest BCUT2D eigenvalue weighted by Crippen LogP contribution is -2.08. The molecule has 1 rings (SSSR count). The van der Waals surface area contributed by atoms with Gasteiger partial charge in [-0.05, 0) is 15.9 Å². The minimum absolute atomic E-state index is 0.216. The van der Waals surface area contributed by atoms with Crippen LogP contribution in [0.5, 0.6) is 0 Å². The third-order valence-electron chi connectivity index (χ3n) is 1.11. The van der Waals surface area contributed by atoms with E-state index in [1.54, 1.807) is 0 Å². The van der Waals surface area contributed by atoms with E-state index in [1.807, 2.05) is 0 Å². The monoisotopic (exact) mass is 256 g/mol. The van der Waals surface area contributed by atoms with Gasteiger partial charge < -0.3 is 0 Å². The number of rotatable bonds is 2. The highest BCUT2D eigenvalue weighted by Crippen LogP contribution is 2.31. The van der Waals surface area contributed by atoms with Crippen molar-refractivity contribution in [2.24, 2.45) is 0 Å². The van der Waals surface area contributed by atoms with E-state index in [0.717, 1.165) is 0 Å². The van der Waals surface area contributed by atoms with Gasteiger partial charge in [0.05, 0.1) is 5.88 Å². The average molecular weight is 257 g/mol. The molecule has 0 aliphatic carbocycles. The van der Waals surface area contributed by atoms with Crippen LogP contribution >= 0.6 is 27.5 Å². The first-order valence-corrected chi connectivity index (χ1v) is 4.31. The van der Waals surface area contributed by atoms with Crippen LogP contribution in [-0.2, 0) is 10.7 Å². The molecule has 0 radical (unpaired) electrons. The van der Waals surface area contributed by atoms with E-state index in [2.05, 4.69) is 25.9 Å². The fourth-order valence-corrected chi connectivity index (χ4v) is 0.913. The van der Waals surface area contributed by atoms with Crippen LogP contribution in [0.25, 0.3) is 0 Å². The van der Waals surface area contributed by atoms with Gasteiger partial charge in [-0.3, -0.25) is 0 Å². The maximum absolute atomic E-state index is 12.4. The van der Waals surface area contributed by atoms with Crippen molar-refractivity contribution in [1.82, 2.24) is 9.97 Å². The summed E-state index contributed by atoms with van der Waals surface area (Å²) in [6.07, 6.45) is 2.54. The van der Waals surface area contributed by atoms with Crippen molar-refractivity contribution in [2.45, 2.75) is 10.7 Å². The number of aromatic nitrogens is 2. The molecule has 0 spiro atoms. The summed E-state index contributed by atoms with van der Waals surface area (Å²) in [5, 5.41) is 0. The molecule has 2 nitrogen and oxygen atoms in total. The molecule has 12 heavy (non-hydrogen) atoms. The second-order valence-electron chi connectivity index (χ2n) is 2.05. The number of hydrogen-bond acceptors (Lipinski definition) is 2. The van der Waals surface area contributed by atoms with Crippen molar-refractivity contribution in [3.8, 4) is 0 Å². The summed E-state index contributed by atoms with van der Waals surface area (Å²) in [6, 6.07) is 0. The smallest absolute Gasteiger partial charge is 0.234 e. The van der Waals surface area contributed by atoms with Crippen molar-refractivity contribution < 1.29 is 8.78 Å². The summed E-state index contributed by atoms with van der Waals surface area (Å²) in [6.45, 7) is 0. The highest BCUT2D eigenvalue weighted by molar-refractivity contribution is 9.09. The molecule has 0 bridgehead atoms. The normalized spacial score (nSPS) is 11.7. The molecular weight excluding hydrogens is 253 g/mol. The second kappa shape index (κ2) is 3.62. The molecule has 1 heterocycles. The number of halogens is 4. The molecule has 0 aromatic carbocycles. The molecule has 1 aromatic rings. The first kappa shape index (κ1) is 9.80. The quantitative estimate of drug-likeness (QED) is 0.761. The number of hydrogen-bond donors (Lipinski definition) is 0. The Balaban J connectivity index is 2.93. The van der Waals surface area contributed by atoms with E-state index in [4.69, 9.17) is 11.6 Å². The van der Waals surface area contributed by atoms with Crippen molar-refractivity contribution >= 4 is 27.5 Å². The van der Waals surface area contributed by atoms with Gasteiger partial charge >= 0.3 is 4.83 Å². The SMILES string of the molecule is FC(F)(Br)c1ncc(CCl)cn1. The number of alkyl halides is 4. The van der Waals surface area contributed by atoms with Crippen LogP contribution in [0, 0.1) is 0 Å². The molecule has 0 fully saturated rings. The minimum atomic E-state index is -3.17. The average Bonchev–Trinajstić information content (AvgIpc) is 2.03. The first-order valence-electron chi connectivity index (χ1n) is 2.98. The lowest BCUT2D eigenvalue weighted by atomic mass is 10.4. The third-order valence-corrected chi connectivity index (χ3v) is 1.78. The van der Waals surface area contributed by atoms with Crippen LogP contribution in [0.3, 0.4) is 0 Å². The third kappa shape index (κ3) is 2.35. The predicted octanol–water partition coefficient (Wildman–Crippen LogP) is 2.66. The Morgan fingerprint density at radius 2 is 1.92 bits per heavy atom. The van der Waals surface area contributed by atoms with Crippen molar-refractivity contribution in [2.75, 3.05) is 0 Å². The van der Waals surface area contributed by atoms with E-state index in [9.17, 15) is 8.78 Å². The number of nitrogens with zero attached hydrogens (tertiary/aromatic N) is 2. The molecule has 0 amide bonds. The summed E-state index contributed by atoms with van der Waals surface area (Å²) in [7, 11) is 0. The van der Waals surface area contributed by atoms with Gasteiger partial charge in [0, 0.05) is 18.0 Å². The van der Waals surface area contributed by atoms with E-state index < -0.39 is 10.7 Å². The van der Waals surface area contributed by atoms with Crippen LogP contribution in [0.15, 0.2) is 12.4 Å². The summed E-state index contributed by atoms with van der Waals surface area (Å²) in [5.74, 6) is -0.343. The van der Waals surface area contributed by atoms with Crippen molar-refractivity contribution in [3.05, 3.63) is 23.8 Å². The van der Waals surface area contributed by atoms with Gasteiger partial charge in [-0.25, -0.2) is 9.97 Å².